The minimum atomic E-state index is 0.791. The van der Waals surface area contributed by atoms with Gasteiger partial charge in [0.1, 0.15) is 0 Å². The molecule has 1 heterocycles. The van der Waals surface area contributed by atoms with Crippen LogP contribution >= 0.6 is 0 Å². The predicted molar refractivity (Wildman–Crippen MR) is 67.7 cm³/mol. The van der Waals surface area contributed by atoms with Gasteiger partial charge in [0.2, 0.25) is 0 Å². The van der Waals surface area contributed by atoms with Gasteiger partial charge < -0.3 is 4.74 Å². The van der Waals surface area contributed by atoms with E-state index in [4.69, 9.17) is 4.74 Å². The Labute approximate surface area is 98.8 Å². The highest BCUT2D eigenvalue weighted by Gasteiger charge is 2.13. The van der Waals surface area contributed by atoms with E-state index in [1.807, 2.05) is 0 Å². The van der Waals surface area contributed by atoms with Crippen LogP contribution in [-0.2, 0) is 17.6 Å². The van der Waals surface area contributed by atoms with E-state index in [9.17, 15) is 0 Å². The molecular formula is C15H22O. The number of hydrogen-bond acceptors (Lipinski definition) is 1. The lowest BCUT2D eigenvalue weighted by molar-refractivity contribution is 0.0518. The molecule has 0 radical (unpaired) electrons. The molecule has 1 nitrogen and oxygen atoms in total. The third-order valence-electron chi connectivity index (χ3n) is 3.53. The summed E-state index contributed by atoms with van der Waals surface area (Å²) in [5.74, 6) is 0.791. The SMILES string of the molecule is CCc1ccc(CCC2CCCOC2)cc1. The minimum Gasteiger partial charge on any atom is -0.381 e. The van der Waals surface area contributed by atoms with Crippen molar-refractivity contribution in [2.75, 3.05) is 13.2 Å². The highest BCUT2D eigenvalue weighted by atomic mass is 16.5. The summed E-state index contributed by atoms with van der Waals surface area (Å²) in [6.45, 7) is 4.16. The molecule has 1 heteroatoms. The first-order chi connectivity index (χ1) is 7.88. The first-order valence-corrected chi connectivity index (χ1v) is 6.54. The lowest BCUT2D eigenvalue weighted by Gasteiger charge is -2.21. The van der Waals surface area contributed by atoms with E-state index in [1.165, 1.54) is 36.8 Å². The van der Waals surface area contributed by atoms with Gasteiger partial charge in [-0.2, -0.15) is 0 Å². The van der Waals surface area contributed by atoms with Crippen molar-refractivity contribution in [1.29, 1.82) is 0 Å². The quantitative estimate of drug-likeness (QED) is 0.750. The monoisotopic (exact) mass is 218 g/mol. The Hall–Kier alpha value is -0.820. The summed E-state index contributed by atoms with van der Waals surface area (Å²) < 4.78 is 5.51. The molecule has 0 spiro atoms. The van der Waals surface area contributed by atoms with Gasteiger partial charge in [0.15, 0.2) is 0 Å². The fourth-order valence-corrected chi connectivity index (χ4v) is 2.35. The maximum Gasteiger partial charge on any atom is 0.0494 e. The maximum atomic E-state index is 5.51. The fraction of sp³-hybridized carbons (Fsp3) is 0.600. The van der Waals surface area contributed by atoms with Gasteiger partial charge >= 0.3 is 0 Å². The van der Waals surface area contributed by atoms with Crippen LogP contribution in [0.15, 0.2) is 24.3 Å². The van der Waals surface area contributed by atoms with E-state index in [0.717, 1.165) is 25.6 Å². The van der Waals surface area contributed by atoms with Gasteiger partial charge in [0.25, 0.3) is 0 Å². The highest BCUT2D eigenvalue weighted by Crippen LogP contribution is 2.19. The molecule has 2 rings (SSSR count). The second-order valence-corrected chi connectivity index (χ2v) is 4.79. The molecule has 0 aliphatic carbocycles. The van der Waals surface area contributed by atoms with Crippen molar-refractivity contribution in [1.82, 2.24) is 0 Å². The van der Waals surface area contributed by atoms with Crippen molar-refractivity contribution in [2.45, 2.75) is 39.0 Å². The highest BCUT2D eigenvalue weighted by molar-refractivity contribution is 5.22. The van der Waals surface area contributed by atoms with Crippen LogP contribution in [0.3, 0.4) is 0 Å². The zero-order chi connectivity index (χ0) is 11.2. The molecule has 1 aliphatic rings. The molecule has 88 valence electrons. The molecule has 1 fully saturated rings. The van der Waals surface area contributed by atoms with Crippen molar-refractivity contribution in [3.05, 3.63) is 35.4 Å². The molecular weight excluding hydrogens is 196 g/mol. The van der Waals surface area contributed by atoms with E-state index in [0.29, 0.717) is 0 Å². The summed E-state index contributed by atoms with van der Waals surface area (Å²) in [5, 5.41) is 0. The van der Waals surface area contributed by atoms with Crippen LogP contribution in [0.5, 0.6) is 0 Å². The van der Waals surface area contributed by atoms with E-state index in [1.54, 1.807) is 0 Å². The Balaban J connectivity index is 1.79. The molecule has 16 heavy (non-hydrogen) atoms. The number of rotatable bonds is 4. The van der Waals surface area contributed by atoms with Crippen LogP contribution in [0.4, 0.5) is 0 Å². The lowest BCUT2D eigenvalue weighted by atomic mass is 9.94. The molecule has 0 bridgehead atoms. The number of benzene rings is 1. The molecule has 0 saturated carbocycles. The van der Waals surface area contributed by atoms with Crippen molar-refractivity contribution < 1.29 is 4.74 Å². The standard InChI is InChI=1S/C15H22O/c1-2-13-5-7-14(8-6-13)9-10-15-4-3-11-16-12-15/h5-8,15H,2-4,9-12H2,1H3. The summed E-state index contributed by atoms with van der Waals surface area (Å²) in [5.41, 5.74) is 2.91. The summed E-state index contributed by atoms with van der Waals surface area (Å²) >= 11 is 0. The first kappa shape index (κ1) is 11.7. The summed E-state index contributed by atoms with van der Waals surface area (Å²) in [7, 11) is 0. The van der Waals surface area contributed by atoms with Gasteiger partial charge in [-0.25, -0.2) is 0 Å². The Bertz CT molecular complexity index is 296. The molecule has 1 aromatic rings. The van der Waals surface area contributed by atoms with Crippen LogP contribution in [0, 0.1) is 5.92 Å². The Morgan fingerprint density at radius 1 is 1.19 bits per heavy atom. The molecule has 0 aromatic heterocycles. The van der Waals surface area contributed by atoms with Crippen molar-refractivity contribution in [2.24, 2.45) is 5.92 Å². The Morgan fingerprint density at radius 3 is 2.56 bits per heavy atom. The minimum absolute atomic E-state index is 0.791. The number of ether oxygens (including phenoxy) is 1. The molecule has 1 unspecified atom stereocenters. The Morgan fingerprint density at radius 2 is 1.94 bits per heavy atom. The van der Waals surface area contributed by atoms with E-state index in [2.05, 4.69) is 31.2 Å². The summed E-state index contributed by atoms with van der Waals surface area (Å²) in [4.78, 5) is 0. The van der Waals surface area contributed by atoms with Gasteiger partial charge in [0, 0.05) is 13.2 Å². The molecule has 1 aliphatic heterocycles. The third-order valence-corrected chi connectivity index (χ3v) is 3.53. The van der Waals surface area contributed by atoms with Crippen LogP contribution in [0.2, 0.25) is 0 Å². The topological polar surface area (TPSA) is 9.23 Å². The van der Waals surface area contributed by atoms with Gasteiger partial charge in [-0.15, -0.1) is 0 Å². The largest absolute Gasteiger partial charge is 0.381 e. The summed E-state index contributed by atoms with van der Waals surface area (Å²) in [6.07, 6.45) is 6.23. The van der Waals surface area contributed by atoms with Crippen LogP contribution in [0.1, 0.15) is 37.3 Å². The van der Waals surface area contributed by atoms with Gasteiger partial charge in [-0.1, -0.05) is 31.2 Å². The van der Waals surface area contributed by atoms with E-state index < -0.39 is 0 Å². The lowest BCUT2D eigenvalue weighted by Crippen LogP contribution is -2.17. The maximum absolute atomic E-state index is 5.51. The van der Waals surface area contributed by atoms with Crippen LogP contribution < -0.4 is 0 Å². The first-order valence-electron chi connectivity index (χ1n) is 6.54. The normalized spacial score (nSPS) is 20.9. The third kappa shape index (κ3) is 3.34. The average Bonchev–Trinajstić information content (AvgIpc) is 2.38. The molecule has 0 N–H and O–H groups in total. The summed E-state index contributed by atoms with van der Waals surface area (Å²) in [6, 6.07) is 9.07. The zero-order valence-electron chi connectivity index (χ0n) is 10.2. The van der Waals surface area contributed by atoms with Gasteiger partial charge in [-0.3, -0.25) is 0 Å². The van der Waals surface area contributed by atoms with E-state index >= 15 is 0 Å². The average molecular weight is 218 g/mol. The smallest absolute Gasteiger partial charge is 0.0494 e. The second kappa shape index (κ2) is 6.05. The fourth-order valence-electron chi connectivity index (χ4n) is 2.35. The van der Waals surface area contributed by atoms with Gasteiger partial charge in [0.05, 0.1) is 0 Å². The van der Waals surface area contributed by atoms with Gasteiger partial charge in [-0.05, 0) is 49.1 Å². The van der Waals surface area contributed by atoms with Crippen LogP contribution in [-0.4, -0.2) is 13.2 Å². The predicted octanol–water partition coefficient (Wildman–Crippen LogP) is 3.61. The molecule has 0 amide bonds. The van der Waals surface area contributed by atoms with Crippen molar-refractivity contribution in [3.63, 3.8) is 0 Å². The number of hydrogen-bond donors (Lipinski definition) is 0. The molecule has 1 saturated heterocycles. The Kier molecular flexibility index (Phi) is 4.41. The van der Waals surface area contributed by atoms with Crippen LogP contribution in [0.25, 0.3) is 0 Å². The van der Waals surface area contributed by atoms with E-state index in [-0.39, 0.29) is 0 Å². The zero-order valence-corrected chi connectivity index (χ0v) is 10.2. The number of aryl methyl sites for hydroxylation is 2. The van der Waals surface area contributed by atoms with Crippen molar-refractivity contribution in [3.8, 4) is 0 Å². The molecule has 1 atom stereocenters. The molecule has 1 aromatic carbocycles. The van der Waals surface area contributed by atoms with Crippen molar-refractivity contribution >= 4 is 0 Å². The second-order valence-electron chi connectivity index (χ2n) is 4.79.